The summed E-state index contributed by atoms with van der Waals surface area (Å²) in [6.45, 7) is 1.76. The van der Waals surface area contributed by atoms with Crippen molar-refractivity contribution in [2.45, 2.75) is 6.92 Å². The maximum Gasteiger partial charge on any atom is 0.269 e. The fraction of sp³-hybridized carbons (Fsp3) is 0.0909. The van der Waals surface area contributed by atoms with Crippen LogP contribution in [0.5, 0.6) is 0 Å². The molecule has 0 bridgehead atoms. The Hall–Kier alpha value is -2.70. The zero-order valence-electron chi connectivity index (χ0n) is 9.62. The van der Waals surface area contributed by atoms with Crippen LogP contribution in [0.4, 0.5) is 17.5 Å². The number of nitro benzene ring substituents is 1. The molecule has 4 N–H and O–H groups in total. The van der Waals surface area contributed by atoms with Crippen molar-refractivity contribution in [3.05, 3.63) is 40.1 Å². The quantitative estimate of drug-likeness (QED) is 0.611. The molecule has 0 radical (unpaired) electrons. The summed E-state index contributed by atoms with van der Waals surface area (Å²) >= 11 is 0. The lowest BCUT2D eigenvalue weighted by Gasteiger charge is -2.08. The first-order valence-corrected chi connectivity index (χ1v) is 5.13. The van der Waals surface area contributed by atoms with Gasteiger partial charge in [0, 0.05) is 17.7 Å². The summed E-state index contributed by atoms with van der Waals surface area (Å²) in [6, 6.07) is 6.03. The summed E-state index contributed by atoms with van der Waals surface area (Å²) in [5, 5.41) is 10.6. The van der Waals surface area contributed by atoms with Crippen molar-refractivity contribution < 1.29 is 4.92 Å². The molecule has 0 fully saturated rings. The van der Waals surface area contributed by atoms with Crippen molar-refractivity contribution in [3.63, 3.8) is 0 Å². The zero-order valence-corrected chi connectivity index (χ0v) is 9.62. The second-order valence-electron chi connectivity index (χ2n) is 3.73. The number of rotatable bonds is 2. The molecule has 1 aromatic heterocycles. The molecule has 0 aliphatic rings. The molecule has 2 aromatic rings. The number of hydrogen-bond donors (Lipinski definition) is 2. The Bertz CT molecular complexity index is 586. The molecule has 0 unspecified atom stereocenters. The fourth-order valence-corrected chi connectivity index (χ4v) is 1.72. The largest absolute Gasteiger partial charge is 0.383 e. The maximum atomic E-state index is 10.6. The zero-order chi connectivity index (χ0) is 13.3. The lowest BCUT2D eigenvalue weighted by molar-refractivity contribution is -0.384. The van der Waals surface area contributed by atoms with Gasteiger partial charge in [-0.1, -0.05) is 0 Å². The van der Waals surface area contributed by atoms with Crippen molar-refractivity contribution in [3.8, 4) is 11.1 Å². The Kier molecular flexibility index (Phi) is 2.80. The van der Waals surface area contributed by atoms with Gasteiger partial charge in [0.05, 0.1) is 10.6 Å². The van der Waals surface area contributed by atoms with Crippen LogP contribution in [-0.2, 0) is 0 Å². The molecule has 0 atom stereocenters. The van der Waals surface area contributed by atoms with Gasteiger partial charge in [-0.25, -0.2) is 4.98 Å². The van der Waals surface area contributed by atoms with Crippen molar-refractivity contribution in [1.82, 2.24) is 9.97 Å². The molecule has 1 aromatic carbocycles. The summed E-state index contributed by atoms with van der Waals surface area (Å²) in [4.78, 5) is 18.0. The fourth-order valence-electron chi connectivity index (χ4n) is 1.72. The molecular formula is C11H11N5O2. The van der Waals surface area contributed by atoms with E-state index in [1.165, 1.54) is 12.1 Å². The Balaban J connectivity index is 2.52. The van der Waals surface area contributed by atoms with Crippen LogP contribution in [0.15, 0.2) is 24.3 Å². The number of non-ortho nitro benzene ring substituents is 1. The predicted molar refractivity (Wildman–Crippen MR) is 67.7 cm³/mol. The highest BCUT2D eigenvalue weighted by atomic mass is 16.6. The molecule has 92 valence electrons. The monoisotopic (exact) mass is 245 g/mol. The third-order valence-electron chi connectivity index (χ3n) is 2.50. The van der Waals surface area contributed by atoms with Crippen LogP contribution in [0.25, 0.3) is 11.1 Å². The molecular weight excluding hydrogens is 234 g/mol. The SMILES string of the molecule is Cc1nc(N)nc(N)c1-c1ccc([N+](=O)[O-])cc1. The highest BCUT2D eigenvalue weighted by Gasteiger charge is 2.12. The minimum Gasteiger partial charge on any atom is -0.383 e. The normalized spacial score (nSPS) is 10.3. The smallest absolute Gasteiger partial charge is 0.269 e. The Morgan fingerprint density at radius 2 is 1.78 bits per heavy atom. The van der Waals surface area contributed by atoms with Gasteiger partial charge in [0.25, 0.3) is 5.69 Å². The summed E-state index contributed by atoms with van der Waals surface area (Å²) in [5.74, 6) is 0.365. The molecule has 0 amide bonds. The van der Waals surface area contributed by atoms with E-state index < -0.39 is 4.92 Å². The topological polar surface area (TPSA) is 121 Å². The molecule has 1 heterocycles. The first-order valence-electron chi connectivity index (χ1n) is 5.13. The number of benzene rings is 1. The number of nitrogens with two attached hydrogens (primary N) is 2. The number of nitrogens with zero attached hydrogens (tertiary/aromatic N) is 3. The number of aryl methyl sites for hydroxylation is 1. The highest BCUT2D eigenvalue weighted by molar-refractivity contribution is 5.77. The number of hydrogen-bond acceptors (Lipinski definition) is 6. The summed E-state index contributed by atoms with van der Waals surface area (Å²) < 4.78 is 0. The van der Waals surface area contributed by atoms with Gasteiger partial charge in [-0.15, -0.1) is 0 Å². The third-order valence-corrected chi connectivity index (χ3v) is 2.50. The molecule has 18 heavy (non-hydrogen) atoms. The van der Waals surface area contributed by atoms with E-state index in [1.807, 2.05) is 0 Å². The maximum absolute atomic E-state index is 10.6. The summed E-state index contributed by atoms with van der Waals surface area (Å²) in [6.07, 6.45) is 0. The van der Waals surface area contributed by atoms with Crippen molar-refractivity contribution in [2.24, 2.45) is 0 Å². The van der Waals surface area contributed by atoms with Gasteiger partial charge in [0.15, 0.2) is 0 Å². The van der Waals surface area contributed by atoms with Crippen LogP contribution in [0.1, 0.15) is 5.69 Å². The Labute approximate surface area is 103 Å². The molecule has 0 aliphatic heterocycles. The van der Waals surface area contributed by atoms with Gasteiger partial charge < -0.3 is 11.5 Å². The number of anilines is 2. The summed E-state index contributed by atoms with van der Waals surface area (Å²) in [7, 11) is 0. The molecule has 7 nitrogen and oxygen atoms in total. The number of aromatic nitrogens is 2. The van der Waals surface area contributed by atoms with E-state index in [2.05, 4.69) is 9.97 Å². The van der Waals surface area contributed by atoms with E-state index in [-0.39, 0.29) is 17.5 Å². The average molecular weight is 245 g/mol. The molecule has 0 saturated heterocycles. The van der Waals surface area contributed by atoms with Gasteiger partial charge in [0.1, 0.15) is 5.82 Å². The van der Waals surface area contributed by atoms with Gasteiger partial charge in [-0.2, -0.15) is 4.98 Å². The molecule has 2 rings (SSSR count). The van der Waals surface area contributed by atoms with Crippen molar-refractivity contribution in [1.29, 1.82) is 0 Å². The van der Waals surface area contributed by atoms with E-state index in [1.54, 1.807) is 19.1 Å². The molecule has 0 saturated carbocycles. The van der Waals surface area contributed by atoms with Crippen LogP contribution >= 0.6 is 0 Å². The Morgan fingerprint density at radius 3 is 2.28 bits per heavy atom. The minimum atomic E-state index is -0.459. The van der Waals surface area contributed by atoms with Crippen molar-refractivity contribution in [2.75, 3.05) is 11.5 Å². The van der Waals surface area contributed by atoms with Crippen LogP contribution in [0.3, 0.4) is 0 Å². The minimum absolute atomic E-state index is 0.0198. The van der Waals surface area contributed by atoms with Crippen LogP contribution in [0.2, 0.25) is 0 Å². The van der Waals surface area contributed by atoms with Gasteiger partial charge in [-0.3, -0.25) is 10.1 Å². The third kappa shape index (κ3) is 2.05. The van der Waals surface area contributed by atoms with Crippen molar-refractivity contribution >= 4 is 17.5 Å². The van der Waals surface area contributed by atoms with Gasteiger partial charge in [0.2, 0.25) is 5.95 Å². The first-order chi connectivity index (χ1) is 8.49. The lowest BCUT2D eigenvalue weighted by atomic mass is 10.0. The second-order valence-corrected chi connectivity index (χ2v) is 3.73. The standard InChI is InChI=1S/C11H11N5O2/c1-6-9(10(12)15-11(13)14-6)7-2-4-8(5-3-7)16(17)18/h2-5H,1H3,(H4,12,13,14,15). The van der Waals surface area contributed by atoms with Gasteiger partial charge >= 0.3 is 0 Å². The number of nitrogen functional groups attached to an aromatic ring is 2. The van der Waals surface area contributed by atoms with E-state index in [0.717, 1.165) is 5.56 Å². The lowest BCUT2D eigenvalue weighted by Crippen LogP contribution is -2.04. The van der Waals surface area contributed by atoms with E-state index >= 15 is 0 Å². The van der Waals surface area contributed by atoms with E-state index in [0.29, 0.717) is 11.3 Å². The van der Waals surface area contributed by atoms with Crippen LogP contribution in [-0.4, -0.2) is 14.9 Å². The summed E-state index contributed by atoms with van der Waals surface area (Å²) in [5.41, 5.74) is 13.3. The second kappa shape index (κ2) is 4.28. The van der Waals surface area contributed by atoms with Crippen LogP contribution < -0.4 is 11.5 Å². The predicted octanol–water partition coefficient (Wildman–Crippen LogP) is 1.52. The van der Waals surface area contributed by atoms with E-state index in [9.17, 15) is 10.1 Å². The molecule has 0 aliphatic carbocycles. The van der Waals surface area contributed by atoms with E-state index in [4.69, 9.17) is 11.5 Å². The first kappa shape index (κ1) is 11.8. The number of nitro groups is 1. The van der Waals surface area contributed by atoms with Crippen LogP contribution in [0, 0.1) is 17.0 Å². The highest BCUT2D eigenvalue weighted by Crippen LogP contribution is 2.28. The van der Waals surface area contributed by atoms with Gasteiger partial charge in [-0.05, 0) is 24.6 Å². The average Bonchev–Trinajstić information content (AvgIpc) is 2.28. The molecule has 0 spiro atoms. The Morgan fingerprint density at radius 1 is 1.17 bits per heavy atom. The molecule has 7 heteroatoms.